The molecule has 6 nitrogen and oxygen atoms in total. The highest BCUT2D eigenvalue weighted by Crippen LogP contribution is 2.32. The molecular weight excluding hydrogens is 332 g/mol. The predicted molar refractivity (Wildman–Crippen MR) is 87.3 cm³/mol. The van der Waals surface area contributed by atoms with Gasteiger partial charge in [0.25, 0.3) is 0 Å². The Balaban J connectivity index is 1.72. The molecule has 1 amide bonds. The zero-order chi connectivity index (χ0) is 18.0. The van der Waals surface area contributed by atoms with Crippen molar-refractivity contribution in [2.45, 2.75) is 33.2 Å². The van der Waals surface area contributed by atoms with Gasteiger partial charge in [0, 0.05) is 29.4 Å². The summed E-state index contributed by atoms with van der Waals surface area (Å²) in [7, 11) is 0. The maximum absolute atomic E-state index is 12.9. The fourth-order valence-corrected chi connectivity index (χ4v) is 2.75. The molecule has 0 unspecified atom stereocenters. The Bertz CT molecular complexity index is 790. The van der Waals surface area contributed by atoms with E-state index in [1.165, 1.54) is 6.92 Å². The maximum atomic E-state index is 12.9. The molecule has 0 fully saturated rings. The molecule has 2 aromatic rings. The zero-order valence-corrected chi connectivity index (χ0v) is 14.0. The second-order valence-electron chi connectivity index (χ2n) is 5.81. The van der Waals surface area contributed by atoms with Crippen LogP contribution in [0.25, 0.3) is 0 Å². The number of anilines is 1. The van der Waals surface area contributed by atoms with E-state index in [0.717, 1.165) is 6.42 Å². The van der Waals surface area contributed by atoms with E-state index in [2.05, 4.69) is 10.4 Å². The van der Waals surface area contributed by atoms with Gasteiger partial charge in [0.2, 0.25) is 5.91 Å². The number of nitrogens with zero attached hydrogens (tertiary/aromatic N) is 2. The predicted octanol–water partition coefficient (Wildman–Crippen LogP) is 3.24. The summed E-state index contributed by atoms with van der Waals surface area (Å²) in [5.74, 6) is 0.906. The fraction of sp³-hybridized carbons (Fsp3) is 0.412. The van der Waals surface area contributed by atoms with Crippen LogP contribution in [0.3, 0.4) is 0 Å². The molecule has 0 saturated heterocycles. The molecule has 0 radical (unpaired) electrons. The van der Waals surface area contributed by atoms with E-state index in [-0.39, 0.29) is 12.3 Å². The van der Waals surface area contributed by atoms with Gasteiger partial charge >= 0.3 is 6.55 Å². The Labute approximate surface area is 143 Å². The fourth-order valence-electron chi connectivity index (χ4n) is 2.75. The molecule has 0 bridgehead atoms. The van der Waals surface area contributed by atoms with Crippen molar-refractivity contribution in [3.63, 3.8) is 0 Å². The van der Waals surface area contributed by atoms with Gasteiger partial charge in [-0.3, -0.25) is 4.79 Å². The van der Waals surface area contributed by atoms with Crippen LogP contribution in [0.4, 0.5) is 14.5 Å². The standard InChI is InChI=1S/C17H19F2N3O3/c1-10-13(11(2)22(21-10)17(18)19)9-16(23)20-12-4-5-14-15(8-12)25-7-3-6-24-14/h4-5,8,17H,3,6-7,9H2,1-2H3,(H,20,23). The van der Waals surface area contributed by atoms with Crippen molar-refractivity contribution in [3.8, 4) is 11.5 Å². The van der Waals surface area contributed by atoms with E-state index in [0.29, 0.717) is 52.0 Å². The number of amides is 1. The van der Waals surface area contributed by atoms with Crippen molar-refractivity contribution in [1.82, 2.24) is 9.78 Å². The molecule has 0 saturated carbocycles. The summed E-state index contributed by atoms with van der Waals surface area (Å²) in [6.07, 6.45) is 0.766. The van der Waals surface area contributed by atoms with Crippen molar-refractivity contribution in [1.29, 1.82) is 0 Å². The van der Waals surface area contributed by atoms with Gasteiger partial charge in [0.05, 0.1) is 25.3 Å². The number of rotatable bonds is 4. The summed E-state index contributed by atoms with van der Waals surface area (Å²) in [5, 5.41) is 6.54. The van der Waals surface area contributed by atoms with E-state index >= 15 is 0 Å². The van der Waals surface area contributed by atoms with E-state index in [9.17, 15) is 13.6 Å². The van der Waals surface area contributed by atoms with Crippen LogP contribution < -0.4 is 14.8 Å². The first-order chi connectivity index (χ1) is 12.0. The minimum absolute atomic E-state index is 0.0289. The van der Waals surface area contributed by atoms with Gasteiger partial charge in [0.1, 0.15) is 0 Å². The number of carbonyl (C=O) groups is 1. The Morgan fingerprint density at radius 1 is 1.28 bits per heavy atom. The van der Waals surface area contributed by atoms with Crippen LogP contribution in [0.5, 0.6) is 11.5 Å². The highest BCUT2D eigenvalue weighted by molar-refractivity contribution is 5.92. The SMILES string of the molecule is Cc1nn(C(F)F)c(C)c1CC(=O)Nc1ccc2c(c1)OCCCO2. The first kappa shape index (κ1) is 17.2. The Morgan fingerprint density at radius 3 is 2.68 bits per heavy atom. The van der Waals surface area contributed by atoms with Crippen LogP contribution in [0.15, 0.2) is 18.2 Å². The number of ether oxygens (including phenoxy) is 2. The Morgan fingerprint density at radius 2 is 2.00 bits per heavy atom. The van der Waals surface area contributed by atoms with Crippen LogP contribution in [-0.4, -0.2) is 28.9 Å². The second-order valence-corrected chi connectivity index (χ2v) is 5.81. The van der Waals surface area contributed by atoms with Crippen molar-refractivity contribution >= 4 is 11.6 Å². The molecule has 0 aliphatic carbocycles. The van der Waals surface area contributed by atoms with Gasteiger partial charge < -0.3 is 14.8 Å². The van der Waals surface area contributed by atoms with Crippen LogP contribution in [0.1, 0.15) is 29.9 Å². The number of nitrogens with one attached hydrogen (secondary N) is 1. The highest BCUT2D eigenvalue weighted by Gasteiger charge is 2.19. The van der Waals surface area contributed by atoms with Gasteiger partial charge in [-0.1, -0.05) is 0 Å². The third-order valence-corrected chi connectivity index (χ3v) is 4.03. The number of hydrogen-bond acceptors (Lipinski definition) is 4. The number of carbonyl (C=O) groups excluding carboxylic acids is 1. The number of aryl methyl sites for hydroxylation is 1. The lowest BCUT2D eigenvalue weighted by Crippen LogP contribution is -2.15. The third-order valence-electron chi connectivity index (χ3n) is 4.03. The molecule has 8 heteroatoms. The van der Waals surface area contributed by atoms with Crippen LogP contribution in [0.2, 0.25) is 0 Å². The molecule has 1 aromatic heterocycles. The van der Waals surface area contributed by atoms with E-state index in [4.69, 9.17) is 9.47 Å². The summed E-state index contributed by atoms with van der Waals surface area (Å²) < 4.78 is 37.5. The largest absolute Gasteiger partial charge is 0.490 e. The molecule has 25 heavy (non-hydrogen) atoms. The molecule has 1 aromatic carbocycles. The van der Waals surface area contributed by atoms with Gasteiger partial charge in [-0.25, -0.2) is 4.68 Å². The van der Waals surface area contributed by atoms with Gasteiger partial charge in [-0.15, -0.1) is 0 Å². The normalized spacial score (nSPS) is 13.6. The molecule has 0 spiro atoms. The number of alkyl halides is 2. The quantitative estimate of drug-likeness (QED) is 0.918. The molecule has 1 N–H and O–H groups in total. The molecule has 0 atom stereocenters. The van der Waals surface area contributed by atoms with Crippen molar-refractivity contribution in [2.24, 2.45) is 0 Å². The molecular formula is C17H19F2N3O3. The zero-order valence-electron chi connectivity index (χ0n) is 14.0. The van der Waals surface area contributed by atoms with E-state index in [1.807, 2.05) is 0 Å². The smallest absolute Gasteiger partial charge is 0.333 e. The lowest BCUT2D eigenvalue weighted by atomic mass is 10.1. The monoisotopic (exact) mass is 351 g/mol. The minimum atomic E-state index is -2.72. The number of benzene rings is 1. The molecule has 3 rings (SSSR count). The summed E-state index contributed by atoms with van der Waals surface area (Å²) in [6.45, 7) is 1.56. The van der Waals surface area contributed by atoms with Crippen molar-refractivity contribution < 1.29 is 23.0 Å². The maximum Gasteiger partial charge on any atom is 0.333 e. The Hall–Kier alpha value is -2.64. The summed E-state index contributed by atoms with van der Waals surface area (Å²) in [5.41, 5.74) is 1.78. The van der Waals surface area contributed by atoms with Gasteiger partial charge in [0.15, 0.2) is 11.5 Å². The molecule has 1 aliphatic rings. The summed E-state index contributed by atoms with van der Waals surface area (Å²) in [6, 6.07) is 5.15. The number of hydrogen-bond donors (Lipinski definition) is 1. The van der Waals surface area contributed by atoms with Gasteiger partial charge in [-0.2, -0.15) is 13.9 Å². The van der Waals surface area contributed by atoms with Crippen molar-refractivity contribution in [2.75, 3.05) is 18.5 Å². The molecule has 2 heterocycles. The first-order valence-corrected chi connectivity index (χ1v) is 7.98. The number of aromatic nitrogens is 2. The summed E-state index contributed by atoms with van der Waals surface area (Å²) >= 11 is 0. The van der Waals surface area contributed by atoms with Crippen molar-refractivity contribution in [3.05, 3.63) is 35.2 Å². The second kappa shape index (κ2) is 7.08. The lowest BCUT2D eigenvalue weighted by molar-refractivity contribution is -0.115. The lowest BCUT2D eigenvalue weighted by Gasteiger charge is -2.10. The average molecular weight is 351 g/mol. The van der Waals surface area contributed by atoms with Gasteiger partial charge in [-0.05, 0) is 26.0 Å². The Kier molecular flexibility index (Phi) is 4.87. The third kappa shape index (κ3) is 3.72. The van der Waals surface area contributed by atoms with E-state index < -0.39 is 6.55 Å². The summed E-state index contributed by atoms with van der Waals surface area (Å²) in [4.78, 5) is 12.3. The first-order valence-electron chi connectivity index (χ1n) is 7.98. The average Bonchev–Trinajstić information content (AvgIpc) is 2.75. The van der Waals surface area contributed by atoms with Crippen LogP contribution in [0, 0.1) is 13.8 Å². The molecule has 1 aliphatic heterocycles. The minimum Gasteiger partial charge on any atom is -0.490 e. The highest BCUT2D eigenvalue weighted by atomic mass is 19.3. The molecule has 134 valence electrons. The van der Waals surface area contributed by atoms with Crippen LogP contribution >= 0.6 is 0 Å². The number of fused-ring (bicyclic) bond motifs is 1. The van der Waals surface area contributed by atoms with Crippen LogP contribution in [-0.2, 0) is 11.2 Å². The topological polar surface area (TPSA) is 65.4 Å². The van der Waals surface area contributed by atoms with E-state index in [1.54, 1.807) is 25.1 Å². The number of halogens is 2.